The summed E-state index contributed by atoms with van der Waals surface area (Å²) in [5, 5.41) is 27.6. The van der Waals surface area contributed by atoms with E-state index in [0.717, 1.165) is 76.6 Å². The van der Waals surface area contributed by atoms with Crippen LogP contribution in [0.25, 0.3) is 66.7 Å². The van der Waals surface area contributed by atoms with Gasteiger partial charge in [-0.2, -0.15) is 12.7 Å². The predicted octanol–water partition coefficient (Wildman–Crippen LogP) is 8.21. The summed E-state index contributed by atoms with van der Waals surface area (Å²) in [5.41, 5.74) is 30.3. The number of carbonyl (C=O) groups excluding carboxylic acids is 4. The zero-order valence-electron chi connectivity index (χ0n) is 50.9. The number of pyridine rings is 1. The highest BCUT2D eigenvalue weighted by Gasteiger charge is 2.27. The Morgan fingerprint density at radius 2 is 1.09 bits per heavy atom. The van der Waals surface area contributed by atoms with E-state index in [4.69, 9.17) is 28.0 Å². The van der Waals surface area contributed by atoms with Crippen LogP contribution in [0.15, 0.2) is 146 Å². The van der Waals surface area contributed by atoms with Gasteiger partial charge in [0, 0.05) is 101 Å². The van der Waals surface area contributed by atoms with Crippen LogP contribution in [-0.2, 0) is 32.9 Å². The number of carbonyl (C=O) groups is 4. The van der Waals surface area contributed by atoms with E-state index in [0.29, 0.717) is 53.3 Å². The fourth-order valence-corrected chi connectivity index (χ4v) is 12.8. The fourth-order valence-electron chi connectivity index (χ4n) is 11.2. The molecule has 4 amide bonds. The Kier molecular flexibility index (Phi) is 19.9. The summed E-state index contributed by atoms with van der Waals surface area (Å²) in [4.78, 5) is 68.3. The molecule has 2 aliphatic rings. The molecule has 10 aromatic rings. The number of fused-ring (bicyclic) bond motifs is 3. The van der Waals surface area contributed by atoms with Gasteiger partial charge in [0.25, 0.3) is 11.8 Å². The minimum atomic E-state index is -3.57. The maximum absolute atomic E-state index is 13.0. The number of nitrogens with one attached hydrogen (secondary N) is 2. The van der Waals surface area contributed by atoms with Crippen LogP contribution in [0.5, 0.6) is 0 Å². The summed E-state index contributed by atoms with van der Waals surface area (Å²) < 4.78 is 33.4. The van der Waals surface area contributed by atoms with Gasteiger partial charge in [-0.15, -0.1) is 0 Å². The molecule has 1 saturated carbocycles. The Morgan fingerprint density at radius 3 is 1.65 bits per heavy atom. The van der Waals surface area contributed by atoms with Crippen molar-refractivity contribution < 1.29 is 37.8 Å². The lowest BCUT2D eigenvalue weighted by Crippen LogP contribution is -2.38. The van der Waals surface area contributed by atoms with Crippen LogP contribution in [0, 0.1) is 12.8 Å². The van der Waals surface area contributed by atoms with Crippen LogP contribution >= 0.6 is 0 Å². The molecule has 0 unspecified atom stereocenters. The number of hydrogen-bond acceptors (Lipinski definition) is 15. The number of hydrogen-bond donors (Lipinski definition) is 8. The molecule has 24 heteroatoms. The molecule has 2 fully saturated rings. The van der Waals surface area contributed by atoms with Gasteiger partial charge in [0.15, 0.2) is 11.6 Å². The number of primary amides is 4. The first-order valence-electron chi connectivity index (χ1n) is 30.3. The van der Waals surface area contributed by atoms with Gasteiger partial charge in [0.1, 0.15) is 41.2 Å². The van der Waals surface area contributed by atoms with Gasteiger partial charge in [-0.3, -0.25) is 19.2 Å². The van der Waals surface area contributed by atoms with Crippen LogP contribution < -0.4 is 33.6 Å². The third-order valence-corrected chi connectivity index (χ3v) is 18.2. The van der Waals surface area contributed by atoms with E-state index in [-0.39, 0.29) is 11.4 Å². The second-order valence-corrected chi connectivity index (χ2v) is 24.9. The summed E-state index contributed by atoms with van der Waals surface area (Å²) in [6.45, 7) is 7.82. The maximum Gasteiger partial charge on any atom is 0.307 e. The zero-order chi connectivity index (χ0) is 64.5. The largest absolute Gasteiger partial charge is 0.393 e. The van der Waals surface area contributed by atoms with Crippen LogP contribution in [-0.4, -0.2) is 116 Å². The van der Waals surface area contributed by atoms with Crippen molar-refractivity contribution in [1.82, 2.24) is 42.3 Å². The molecule has 0 bridgehead atoms. The standard InChI is InChI=1S/C24H24N6O2.C23H28N6O2.C20H23N3O4S/c1-14-3-5-16(6-4-14)13-30-10-9-17-11-18(7-8-20(17)30)24-28-19(23(26)32)12-21(29-24)27-15(2)22(25)31;1-14(21(24)30)26-20-12-18(22(25)31)27-23(28-20)17-7-8-19-16(11-17)9-10-29(19)13-15-5-3-2-4-6-15;24-14-20(25)18-6-4-5-17(21-18)15-7-8-19-16(13-15)9-12-23(19)28(26,27)22-10-2-1-3-11-22/h3-12,15H,13H2,1-2H3,(H2,25,31)(H2,26,32)(H,27,28,29);7-12,14-15H,2-6,13H2,1H3,(H2,24,30)(H2,25,31)(H,26,27,28);4-9,12-13,20,24-25H,1-3,10-11,14H2/t15-;14-;20-/m001/s1. The second kappa shape index (κ2) is 28.3. The highest BCUT2D eigenvalue weighted by Crippen LogP contribution is 2.32. The Balaban J connectivity index is 0.000000150. The van der Waals surface area contributed by atoms with E-state index in [1.807, 2.05) is 60.8 Å². The van der Waals surface area contributed by atoms with Crippen molar-refractivity contribution in [1.29, 1.82) is 0 Å². The zero-order valence-corrected chi connectivity index (χ0v) is 51.8. The highest BCUT2D eigenvalue weighted by molar-refractivity contribution is 7.87. The van der Waals surface area contributed by atoms with Gasteiger partial charge < -0.3 is 52.9 Å². The second-order valence-electron chi connectivity index (χ2n) is 23.1. The smallest absolute Gasteiger partial charge is 0.307 e. The molecule has 3 atom stereocenters. The van der Waals surface area contributed by atoms with E-state index < -0.39 is 58.6 Å². The van der Waals surface area contributed by atoms with E-state index in [1.54, 1.807) is 48.6 Å². The van der Waals surface area contributed by atoms with Crippen molar-refractivity contribution >= 4 is 78.2 Å². The third kappa shape index (κ3) is 15.4. The summed E-state index contributed by atoms with van der Waals surface area (Å²) in [5.74, 6) is -0.380. The number of piperidine rings is 1. The molecule has 0 spiro atoms. The molecule has 4 aromatic carbocycles. The number of anilines is 2. The molecule has 1 aliphatic carbocycles. The Morgan fingerprint density at radius 1 is 0.582 bits per heavy atom. The normalized spacial score (nSPS) is 14.8. The third-order valence-electron chi connectivity index (χ3n) is 16.4. The minimum absolute atomic E-state index is 0.0474. The van der Waals surface area contributed by atoms with Gasteiger partial charge in [-0.1, -0.05) is 67.6 Å². The lowest BCUT2D eigenvalue weighted by molar-refractivity contribution is -0.119. The van der Waals surface area contributed by atoms with Crippen molar-refractivity contribution in [2.24, 2.45) is 28.9 Å². The number of rotatable bonds is 19. The first kappa shape index (κ1) is 64.1. The molecule has 472 valence electrons. The average Bonchev–Trinajstić information content (AvgIpc) is 1.86. The topological polar surface area (TPSA) is 354 Å². The Bertz CT molecular complexity index is 4400. The number of benzene rings is 4. The molecule has 1 aliphatic heterocycles. The Hall–Kier alpha value is -9.88. The van der Waals surface area contributed by atoms with Crippen molar-refractivity contribution in [3.63, 3.8) is 0 Å². The minimum Gasteiger partial charge on any atom is -0.393 e. The van der Waals surface area contributed by atoms with E-state index in [2.05, 4.69) is 94.2 Å². The van der Waals surface area contributed by atoms with E-state index >= 15 is 0 Å². The van der Waals surface area contributed by atoms with E-state index in [9.17, 15) is 32.7 Å². The lowest BCUT2D eigenvalue weighted by atomic mass is 9.89. The van der Waals surface area contributed by atoms with Gasteiger partial charge >= 0.3 is 10.2 Å². The van der Waals surface area contributed by atoms with Crippen LogP contribution in [0.2, 0.25) is 0 Å². The van der Waals surface area contributed by atoms with E-state index in [1.165, 1.54) is 64.9 Å². The number of aromatic nitrogens is 8. The first-order valence-corrected chi connectivity index (χ1v) is 31.7. The monoisotopic (exact) mass is 1250 g/mol. The van der Waals surface area contributed by atoms with Crippen molar-refractivity contribution in [2.45, 2.75) is 103 Å². The molecular weight excluding hydrogens is 1170 g/mol. The van der Waals surface area contributed by atoms with Gasteiger partial charge in [-0.05, 0) is 137 Å². The SMILES string of the molecule is C[C@H](Nc1cc(C(N)=O)nc(-c2ccc3c(ccn3CC3CCCCC3)c2)n1)C(N)=O.Cc1ccc(Cn2ccc3cc(-c4nc(N[C@@H](C)C(N)=O)cc(C(N)=O)n4)ccc32)cc1.O=S(=O)(N1CCCCC1)n1ccc2cc(-c3cccc([C@H](O)CO)n3)ccc21. The maximum atomic E-state index is 13.0. The number of aryl methyl sites for hydroxylation is 1. The first-order chi connectivity index (χ1) is 43.7. The fraction of sp³-hybridized carbons (Fsp3) is 0.299. The molecule has 0 radical (unpaired) electrons. The molecule has 1 saturated heterocycles. The molecule has 6 aromatic heterocycles. The number of amides is 4. The molecule has 12 rings (SSSR count). The summed E-state index contributed by atoms with van der Waals surface area (Å²) in [7, 11) is -3.57. The highest BCUT2D eigenvalue weighted by atomic mass is 32.2. The Labute approximate surface area is 526 Å². The summed E-state index contributed by atoms with van der Waals surface area (Å²) in [6, 6.07) is 38.5. The van der Waals surface area contributed by atoms with Gasteiger partial charge in [-0.25, -0.2) is 28.9 Å². The predicted molar refractivity (Wildman–Crippen MR) is 351 cm³/mol. The molecule has 23 nitrogen and oxygen atoms in total. The molecule has 7 heterocycles. The van der Waals surface area contributed by atoms with Crippen molar-refractivity contribution in [3.05, 3.63) is 174 Å². The van der Waals surface area contributed by atoms with Crippen LogP contribution in [0.4, 0.5) is 11.6 Å². The number of aliphatic hydroxyl groups excluding tert-OH is 2. The number of nitrogens with zero attached hydrogens (tertiary/aromatic N) is 9. The van der Waals surface area contributed by atoms with Crippen LogP contribution in [0.1, 0.15) is 109 Å². The summed E-state index contributed by atoms with van der Waals surface area (Å²) >= 11 is 0. The number of aliphatic hydroxyl groups is 2. The van der Waals surface area contributed by atoms with Crippen molar-refractivity contribution in [3.8, 4) is 34.0 Å². The summed E-state index contributed by atoms with van der Waals surface area (Å²) in [6.07, 6.45) is 14.2. The molecule has 91 heavy (non-hydrogen) atoms. The van der Waals surface area contributed by atoms with Crippen molar-refractivity contribution in [2.75, 3.05) is 30.3 Å². The lowest BCUT2D eigenvalue weighted by Gasteiger charge is -2.26. The molecular formula is C67H75N15O8S. The van der Waals surface area contributed by atoms with Gasteiger partial charge in [0.2, 0.25) is 11.8 Å². The quantitative estimate of drug-likeness (QED) is 0.0378. The average molecular weight is 1250 g/mol. The van der Waals surface area contributed by atoms with Gasteiger partial charge in [0.05, 0.1) is 23.5 Å². The van der Waals surface area contributed by atoms with Crippen LogP contribution in [0.3, 0.4) is 0 Å². The molecule has 12 N–H and O–H groups in total. The number of nitrogens with two attached hydrogens (primary N) is 4.